The van der Waals surface area contributed by atoms with Crippen LogP contribution in [0.2, 0.25) is 0 Å². The minimum absolute atomic E-state index is 0.517. The van der Waals surface area contributed by atoms with E-state index >= 15 is 0 Å². The number of nitrogens with two attached hydrogens (primary N) is 1. The maximum absolute atomic E-state index is 11.4. The van der Waals surface area contributed by atoms with Gasteiger partial charge in [-0.2, -0.15) is 0 Å². The molecule has 0 bridgehead atoms. The lowest BCUT2D eigenvalue weighted by molar-refractivity contribution is 0.251. The van der Waals surface area contributed by atoms with Crippen LogP contribution in [0.15, 0.2) is 48.8 Å². The summed E-state index contributed by atoms with van der Waals surface area (Å²) >= 11 is 0. The molecule has 3 aromatic rings. The Morgan fingerprint density at radius 1 is 1.08 bits per heavy atom. The molecule has 1 amide bonds. The number of primary amides is 1. The smallest absolute Gasteiger partial charge is 0.324 e. The molecular formula is C19H20N4O. The number of amides is 1. The van der Waals surface area contributed by atoms with Gasteiger partial charge in [0.05, 0.1) is 0 Å². The first kappa shape index (κ1) is 14.9. The molecule has 4 rings (SSSR count). The molecule has 1 aliphatic heterocycles. The molecule has 2 aromatic heterocycles. The zero-order valence-corrected chi connectivity index (χ0v) is 13.5. The van der Waals surface area contributed by atoms with Crippen LogP contribution < -0.4 is 5.73 Å². The quantitative estimate of drug-likeness (QED) is 0.806. The predicted molar refractivity (Wildman–Crippen MR) is 94.7 cm³/mol. The Bertz CT molecular complexity index is 876. The van der Waals surface area contributed by atoms with Crippen molar-refractivity contribution in [1.29, 1.82) is 0 Å². The van der Waals surface area contributed by atoms with E-state index in [1.54, 1.807) is 12.4 Å². The van der Waals surface area contributed by atoms with Crippen molar-refractivity contribution in [2.75, 3.05) is 13.1 Å². The molecule has 3 heterocycles. The molecule has 0 spiro atoms. The fourth-order valence-corrected chi connectivity index (χ4v) is 3.36. The molecule has 1 saturated heterocycles. The Morgan fingerprint density at radius 3 is 2.54 bits per heavy atom. The Kier molecular flexibility index (Phi) is 3.78. The van der Waals surface area contributed by atoms with E-state index in [4.69, 9.17) is 5.73 Å². The lowest BCUT2D eigenvalue weighted by Crippen LogP contribution is -2.18. The normalized spacial score (nSPS) is 15.2. The van der Waals surface area contributed by atoms with Gasteiger partial charge in [-0.15, -0.1) is 0 Å². The summed E-state index contributed by atoms with van der Waals surface area (Å²) in [6.45, 7) is 3.44. The van der Waals surface area contributed by atoms with E-state index in [9.17, 15) is 4.79 Å². The fraction of sp³-hybridized carbons (Fsp3) is 0.263. The van der Waals surface area contributed by atoms with E-state index in [1.165, 1.54) is 36.1 Å². The number of hydrogen-bond acceptors (Lipinski definition) is 3. The summed E-state index contributed by atoms with van der Waals surface area (Å²) in [6.07, 6.45) is 6.07. The van der Waals surface area contributed by atoms with Gasteiger partial charge >= 0.3 is 6.03 Å². The molecule has 0 radical (unpaired) electrons. The monoisotopic (exact) mass is 320 g/mol. The molecule has 0 saturated carbocycles. The first-order valence-electron chi connectivity index (χ1n) is 8.29. The van der Waals surface area contributed by atoms with Gasteiger partial charge in [0.15, 0.2) is 0 Å². The number of benzene rings is 1. The minimum atomic E-state index is -0.517. The van der Waals surface area contributed by atoms with E-state index in [0.717, 1.165) is 23.1 Å². The van der Waals surface area contributed by atoms with Crippen LogP contribution in [0, 0.1) is 0 Å². The third-order valence-electron chi connectivity index (χ3n) is 4.66. The van der Waals surface area contributed by atoms with Crippen molar-refractivity contribution in [2.45, 2.75) is 19.4 Å². The molecule has 1 fully saturated rings. The van der Waals surface area contributed by atoms with Crippen LogP contribution in [-0.4, -0.2) is 33.6 Å². The molecule has 0 unspecified atom stereocenters. The van der Waals surface area contributed by atoms with Gasteiger partial charge in [-0.3, -0.25) is 9.47 Å². The second kappa shape index (κ2) is 6.09. The standard InChI is InChI=1S/C19H20N4O/c20-19(24)23-10-7-16-11-17(12-21-18(16)23)15-5-3-14(4-6-15)13-22-8-1-2-9-22/h3-7,10-12H,1-2,8-9,13H2,(H2,20,24). The van der Waals surface area contributed by atoms with E-state index in [2.05, 4.69) is 34.1 Å². The minimum Gasteiger partial charge on any atom is -0.351 e. The molecule has 1 aliphatic rings. The molecule has 0 atom stereocenters. The summed E-state index contributed by atoms with van der Waals surface area (Å²) < 4.78 is 1.36. The van der Waals surface area contributed by atoms with Gasteiger partial charge in [0.1, 0.15) is 5.65 Å². The van der Waals surface area contributed by atoms with Crippen LogP contribution in [0.25, 0.3) is 22.2 Å². The summed E-state index contributed by atoms with van der Waals surface area (Å²) in [4.78, 5) is 18.2. The maximum atomic E-state index is 11.4. The summed E-state index contributed by atoms with van der Waals surface area (Å²) in [5, 5.41) is 0.910. The van der Waals surface area contributed by atoms with Gasteiger partial charge in [0.2, 0.25) is 0 Å². The SMILES string of the molecule is NC(=O)n1ccc2cc(-c3ccc(CN4CCCC4)cc3)cnc21. The Balaban J connectivity index is 1.58. The maximum Gasteiger partial charge on any atom is 0.324 e. The van der Waals surface area contributed by atoms with Crippen LogP contribution in [-0.2, 0) is 6.54 Å². The van der Waals surface area contributed by atoms with Crippen molar-refractivity contribution in [3.8, 4) is 11.1 Å². The number of fused-ring (bicyclic) bond motifs is 1. The molecule has 0 aliphatic carbocycles. The van der Waals surface area contributed by atoms with Gasteiger partial charge in [-0.05, 0) is 49.2 Å². The molecule has 122 valence electrons. The number of hydrogen-bond donors (Lipinski definition) is 1. The first-order chi connectivity index (χ1) is 11.7. The lowest BCUT2D eigenvalue weighted by atomic mass is 10.0. The number of carbonyl (C=O) groups is 1. The molecule has 24 heavy (non-hydrogen) atoms. The Morgan fingerprint density at radius 2 is 1.83 bits per heavy atom. The van der Waals surface area contributed by atoms with Gasteiger partial charge in [0.25, 0.3) is 0 Å². The number of aromatic nitrogens is 2. The van der Waals surface area contributed by atoms with Crippen molar-refractivity contribution < 1.29 is 4.79 Å². The van der Waals surface area contributed by atoms with Gasteiger partial charge in [-0.1, -0.05) is 24.3 Å². The highest BCUT2D eigenvalue weighted by Crippen LogP contribution is 2.24. The number of nitrogens with zero attached hydrogens (tertiary/aromatic N) is 3. The van der Waals surface area contributed by atoms with Crippen LogP contribution in [0.5, 0.6) is 0 Å². The van der Waals surface area contributed by atoms with Crippen LogP contribution in [0.4, 0.5) is 4.79 Å². The Labute approximate surface area is 140 Å². The zero-order chi connectivity index (χ0) is 16.5. The fourth-order valence-electron chi connectivity index (χ4n) is 3.36. The topological polar surface area (TPSA) is 64.2 Å². The second-order valence-corrected chi connectivity index (χ2v) is 6.34. The van der Waals surface area contributed by atoms with E-state index in [0.29, 0.717) is 5.65 Å². The average molecular weight is 320 g/mol. The zero-order valence-electron chi connectivity index (χ0n) is 13.5. The van der Waals surface area contributed by atoms with Crippen molar-refractivity contribution in [2.24, 2.45) is 5.73 Å². The van der Waals surface area contributed by atoms with Crippen LogP contribution in [0.3, 0.4) is 0 Å². The number of pyridine rings is 1. The first-order valence-corrected chi connectivity index (χ1v) is 8.29. The number of likely N-dealkylation sites (tertiary alicyclic amines) is 1. The summed E-state index contributed by atoms with van der Waals surface area (Å²) in [7, 11) is 0. The summed E-state index contributed by atoms with van der Waals surface area (Å²) in [6, 6.07) is 12.0. The molecule has 1 aromatic carbocycles. The highest BCUT2D eigenvalue weighted by atomic mass is 16.2. The van der Waals surface area contributed by atoms with Crippen molar-refractivity contribution in [3.63, 3.8) is 0 Å². The summed E-state index contributed by atoms with van der Waals surface area (Å²) in [5.74, 6) is 0. The second-order valence-electron chi connectivity index (χ2n) is 6.34. The van der Waals surface area contributed by atoms with Crippen molar-refractivity contribution in [1.82, 2.24) is 14.5 Å². The molecule has 5 nitrogen and oxygen atoms in total. The predicted octanol–water partition coefficient (Wildman–Crippen LogP) is 3.23. The third kappa shape index (κ3) is 2.78. The van der Waals surface area contributed by atoms with Crippen molar-refractivity contribution >= 4 is 17.1 Å². The highest BCUT2D eigenvalue weighted by molar-refractivity contribution is 5.90. The lowest BCUT2D eigenvalue weighted by Gasteiger charge is -2.14. The third-order valence-corrected chi connectivity index (χ3v) is 4.66. The summed E-state index contributed by atoms with van der Waals surface area (Å²) in [5.41, 5.74) is 9.44. The highest BCUT2D eigenvalue weighted by Gasteiger charge is 2.12. The molecular weight excluding hydrogens is 300 g/mol. The van der Waals surface area contributed by atoms with E-state index in [-0.39, 0.29) is 0 Å². The van der Waals surface area contributed by atoms with Gasteiger partial charge < -0.3 is 5.73 Å². The van der Waals surface area contributed by atoms with Crippen LogP contribution in [0.1, 0.15) is 18.4 Å². The van der Waals surface area contributed by atoms with Crippen molar-refractivity contribution in [3.05, 3.63) is 54.4 Å². The van der Waals surface area contributed by atoms with Crippen LogP contribution >= 0.6 is 0 Å². The Hall–Kier alpha value is -2.66. The van der Waals surface area contributed by atoms with Gasteiger partial charge in [0, 0.05) is 29.9 Å². The number of carbonyl (C=O) groups excluding carboxylic acids is 1. The largest absolute Gasteiger partial charge is 0.351 e. The average Bonchev–Trinajstić information content (AvgIpc) is 3.24. The van der Waals surface area contributed by atoms with E-state index in [1.807, 2.05) is 12.1 Å². The van der Waals surface area contributed by atoms with Gasteiger partial charge in [-0.25, -0.2) is 9.78 Å². The molecule has 2 N–H and O–H groups in total. The number of rotatable bonds is 3. The van der Waals surface area contributed by atoms with E-state index < -0.39 is 6.03 Å². The molecule has 5 heteroatoms.